The van der Waals surface area contributed by atoms with Gasteiger partial charge in [0.15, 0.2) is 0 Å². The third kappa shape index (κ3) is 1.95. The van der Waals surface area contributed by atoms with Crippen LogP contribution in [0, 0.1) is 0 Å². The van der Waals surface area contributed by atoms with Crippen LogP contribution in [0.4, 0.5) is 0 Å². The Morgan fingerprint density at radius 3 is 1.50 bits per heavy atom. The van der Waals surface area contributed by atoms with Gasteiger partial charge in [0, 0.05) is 0 Å². The molecular weight excluding hydrogens is 215 g/mol. The summed E-state index contributed by atoms with van der Waals surface area (Å²) in [5, 5.41) is 1.48. The molecule has 2 rings (SSSR count). The van der Waals surface area contributed by atoms with Crippen molar-refractivity contribution < 1.29 is 9.14 Å². The maximum absolute atomic E-state index is 10.6. The maximum Gasteiger partial charge on any atom is 0.388 e. The summed E-state index contributed by atoms with van der Waals surface area (Å²) in [4.78, 5) is 10.6. The van der Waals surface area contributed by atoms with Gasteiger partial charge in [-0.3, -0.25) is 0 Å². The molecule has 2 aromatic carbocycles. The molecule has 2 nitrogen and oxygen atoms in total. The van der Waals surface area contributed by atoms with E-state index in [1.807, 2.05) is 60.7 Å². The van der Waals surface area contributed by atoms with Crippen LogP contribution in [0.15, 0.2) is 60.7 Å². The van der Waals surface area contributed by atoms with Crippen LogP contribution in [-0.4, -0.2) is 21.4 Å². The third-order valence-electron chi connectivity index (χ3n) is 2.50. The van der Waals surface area contributed by atoms with E-state index in [4.69, 9.17) is 12.4 Å². The summed E-state index contributed by atoms with van der Waals surface area (Å²) in [5.41, 5.74) is 0. The van der Waals surface area contributed by atoms with Crippen molar-refractivity contribution >= 4 is 27.0 Å². The summed E-state index contributed by atoms with van der Waals surface area (Å²) in [5.74, 6) is 0. The second-order valence-electron chi connectivity index (χ2n) is 3.49. The lowest BCUT2D eigenvalue weighted by molar-refractivity contribution is 0.431. The Kier molecular flexibility index (Phi) is 3.24. The smallest absolute Gasteiger partial charge is 0.388 e. The first-order chi connectivity index (χ1) is 7.77. The van der Waals surface area contributed by atoms with E-state index in [2.05, 4.69) is 0 Å². The van der Waals surface area contributed by atoms with Crippen LogP contribution >= 0.6 is 0 Å². The fraction of sp³-hybridized carbons (Fsp3) is 0. The molecule has 0 aliphatic heterocycles. The monoisotopic (exact) mass is 226 g/mol. The van der Waals surface area contributed by atoms with E-state index in [0.29, 0.717) is 0 Å². The first-order valence-corrected chi connectivity index (χ1v) is 6.84. The van der Waals surface area contributed by atoms with Crippen LogP contribution < -0.4 is 10.4 Å². The molecule has 0 aromatic heterocycles. The van der Waals surface area contributed by atoms with Gasteiger partial charge in [0.1, 0.15) is 0 Å². The fourth-order valence-corrected chi connectivity index (χ4v) is 3.52. The van der Waals surface area contributed by atoms with E-state index < -0.39 is 8.56 Å². The Morgan fingerprint density at radius 1 is 0.812 bits per heavy atom. The molecule has 2 aromatic rings. The highest BCUT2D eigenvalue weighted by molar-refractivity contribution is 6.93. The first kappa shape index (κ1) is 11.1. The average Bonchev–Trinajstić information content (AvgIpc) is 2.40. The molecule has 0 heterocycles. The highest BCUT2D eigenvalue weighted by Crippen LogP contribution is 2.02. The zero-order valence-corrected chi connectivity index (χ0v) is 9.71. The van der Waals surface area contributed by atoms with Crippen LogP contribution in [-0.2, 0) is 4.34 Å². The Hall–Kier alpha value is -1.36. The van der Waals surface area contributed by atoms with E-state index in [1.54, 1.807) is 0 Å². The van der Waals surface area contributed by atoms with Gasteiger partial charge in [-0.15, -0.1) is 0 Å². The predicted molar refractivity (Wildman–Crippen MR) is 67.0 cm³/mol. The quantitative estimate of drug-likeness (QED) is 0.764. The SMILES string of the molecule is [B]O[Si](O)(c1ccccc1)c1ccccc1. The van der Waals surface area contributed by atoms with Crippen molar-refractivity contribution in [2.45, 2.75) is 0 Å². The van der Waals surface area contributed by atoms with Crippen molar-refractivity contribution in [2.24, 2.45) is 0 Å². The van der Waals surface area contributed by atoms with E-state index >= 15 is 0 Å². The molecular formula is C12H11BO2Si. The second kappa shape index (κ2) is 4.65. The van der Waals surface area contributed by atoms with Gasteiger partial charge in [0.05, 0.1) is 0 Å². The molecule has 0 bridgehead atoms. The van der Waals surface area contributed by atoms with Gasteiger partial charge >= 0.3 is 8.56 Å². The Morgan fingerprint density at radius 2 is 1.19 bits per heavy atom. The number of hydrogen-bond donors (Lipinski definition) is 1. The standard InChI is InChI=1S/C12H11BO2Si/c13-15-16(14,11-7-3-1-4-8-11)12-9-5-2-6-10-12/h1-10,14H. The van der Waals surface area contributed by atoms with Crippen LogP contribution in [0.3, 0.4) is 0 Å². The van der Waals surface area contributed by atoms with Gasteiger partial charge in [-0.25, -0.2) is 0 Å². The van der Waals surface area contributed by atoms with E-state index in [9.17, 15) is 4.80 Å². The molecule has 0 aliphatic rings. The van der Waals surface area contributed by atoms with Crippen molar-refractivity contribution in [1.29, 1.82) is 0 Å². The summed E-state index contributed by atoms with van der Waals surface area (Å²) < 4.78 is 4.90. The van der Waals surface area contributed by atoms with Crippen LogP contribution in [0.1, 0.15) is 0 Å². The van der Waals surface area contributed by atoms with E-state index in [0.717, 1.165) is 10.4 Å². The molecule has 78 valence electrons. The average molecular weight is 226 g/mol. The molecule has 4 heteroatoms. The molecule has 0 spiro atoms. The summed E-state index contributed by atoms with van der Waals surface area (Å²) in [6.07, 6.45) is 0. The summed E-state index contributed by atoms with van der Waals surface area (Å²) in [6, 6.07) is 18.5. The van der Waals surface area contributed by atoms with Crippen molar-refractivity contribution in [3.05, 3.63) is 60.7 Å². The van der Waals surface area contributed by atoms with Gasteiger partial charge in [0.2, 0.25) is 0 Å². The number of rotatable bonds is 3. The molecule has 1 N–H and O–H groups in total. The minimum atomic E-state index is -3.20. The van der Waals surface area contributed by atoms with Crippen molar-refractivity contribution in [3.63, 3.8) is 0 Å². The fourth-order valence-electron chi connectivity index (χ4n) is 1.63. The molecule has 0 aliphatic carbocycles. The number of benzene rings is 2. The maximum atomic E-state index is 10.6. The van der Waals surface area contributed by atoms with Gasteiger partial charge < -0.3 is 9.14 Å². The Balaban J connectivity index is 2.49. The van der Waals surface area contributed by atoms with Crippen molar-refractivity contribution in [3.8, 4) is 0 Å². The molecule has 16 heavy (non-hydrogen) atoms. The summed E-state index contributed by atoms with van der Waals surface area (Å²) in [7, 11) is 2.08. The van der Waals surface area contributed by atoms with Crippen LogP contribution in [0.5, 0.6) is 0 Å². The molecule has 0 fully saturated rings. The summed E-state index contributed by atoms with van der Waals surface area (Å²) >= 11 is 0. The zero-order chi connectivity index (χ0) is 11.4. The molecule has 0 atom stereocenters. The zero-order valence-electron chi connectivity index (χ0n) is 8.71. The normalized spacial score (nSPS) is 11.3. The van der Waals surface area contributed by atoms with Gasteiger partial charge in [-0.2, -0.15) is 0 Å². The Labute approximate surface area is 97.2 Å². The van der Waals surface area contributed by atoms with Crippen molar-refractivity contribution in [2.75, 3.05) is 0 Å². The summed E-state index contributed by atoms with van der Waals surface area (Å²) in [6.45, 7) is 0. The lowest BCUT2D eigenvalue weighted by atomic mass is 10.4. The second-order valence-corrected chi connectivity index (χ2v) is 6.17. The van der Waals surface area contributed by atoms with E-state index in [-0.39, 0.29) is 0 Å². The first-order valence-electron chi connectivity index (χ1n) is 4.98. The molecule has 0 amide bonds. The van der Waals surface area contributed by atoms with Gasteiger partial charge in [0.25, 0.3) is 8.05 Å². The minimum Gasteiger partial charge on any atom is -0.459 e. The highest BCUT2D eigenvalue weighted by atomic mass is 28.4. The van der Waals surface area contributed by atoms with E-state index in [1.165, 1.54) is 0 Å². The molecule has 0 unspecified atom stereocenters. The van der Waals surface area contributed by atoms with Gasteiger partial charge in [-0.1, -0.05) is 60.7 Å². The molecule has 0 saturated carbocycles. The Bertz CT molecular complexity index is 408. The molecule has 2 radical (unpaired) electrons. The predicted octanol–water partition coefficient (Wildman–Crippen LogP) is 0.335. The minimum absolute atomic E-state index is 0.740. The van der Waals surface area contributed by atoms with Crippen LogP contribution in [0.25, 0.3) is 0 Å². The third-order valence-corrected chi connectivity index (χ3v) is 5.07. The lowest BCUT2D eigenvalue weighted by Crippen LogP contribution is -2.60. The number of hydrogen-bond acceptors (Lipinski definition) is 2. The topological polar surface area (TPSA) is 29.5 Å². The van der Waals surface area contributed by atoms with Crippen molar-refractivity contribution in [1.82, 2.24) is 0 Å². The van der Waals surface area contributed by atoms with Gasteiger partial charge in [-0.05, 0) is 10.4 Å². The van der Waals surface area contributed by atoms with Crippen LogP contribution in [0.2, 0.25) is 0 Å². The lowest BCUT2D eigenvalue weighted by Gasteiger charge is -2.24. The highest BCUT2D eigenvalue weighted by Gasteiger charge is 2.36. The molecule has 0 saturated heterocycles. The largest absolute Gasteiger partial charge is 0.459 e.